The first kappa shape index (κ1) is 23.3. The molecule has 0 aliphatic rings. The fourth-order valence-electron chi connectivity index (χ4n) is 2.08. The van der Waals surface area contributed by atoms with Crippen molar-refractivity contribution in [3.05, 3.63) is 60.7 Å². The molecule has 0 spiro atoms. The Hall–Kier alpha value is -3.03. The van der Waals surface area contributed by atoms with E-state index in [0.29, 0.717) is 0 Å². The highest BCUT2D eigenvalue weighted by atomic mass is 31.2. The minimum atomic E-state index is -4.30. The second-order valence-corrected chi connectivity index (χ2v) is 8.61. The van der Waals surface area contributed by atoms with E-state index in [1.807, 2.05) is 0 Å². The van der Waals surface area contributed by atoms with Gasteiger partial charge in [0.1, 0.15) is 17.1 Å². The normalized spacial score (nSPS) is 12.5. The molecule has 2 aromatic rings. The van der Waals surface area contributed by atoms with Crippen molar-refractivity contribution in [3.63, 3.8) is 0 Å². The monoisotopic (exact) mass is 437 g/mol. The Bertz CT molecular complexity index is 837. The van der Waals surface area contributed by atoms with E-state index in [2.05, 4.69) is 5.32 Å². The lowest BCUT2D eigenvalue weighted by Gasteiger charge is -2.23. The molecule has 1 amide bonds. The topological polar surface area (TPSA) is 120 Å². The minimum Gasteiger partial charge on any atom is -0.480 e. The molecule has 10 heteroatoms. The maximum atomic E-state index is 13.2. The molecule has 0 saturated heterocycles. The van der Waals surface area contributed by atoms with Crippen molar-refractivity contribution in [2.45, 2.75) is 32.4 Å². The summed E-state index contributed by atoms with van der Waals surface area (Å²) in [6, 6.07) is 14.7. The van der Waals surface area contributed by atoms with Crippen molar-refractivity contribution in [1.82, 2.24) is 5.32 Å². The summed E-state index contributed by atoms with van der Waals surface area (Å²) >= 11 is 0. The number of rotatable bonds is 9. The number of benzene rings is 2. The lowest BCUT2D eigenvalue weighted by molar-refractivity contribution is -0.140. The van der Waals surface area contributed by atoms with Gasteiger partial charge in [0.05, 0.1) is 6.61 Å². The predicted molar refractivity (Wildman–Crippen MR) is 108 cm³/mol. The second kappa shape index (κ2) is 10.1. The van der Waals surface area contributed by atoms with Gasteiger partial charge >= 0.3 is 19.9 Å². The Kier molecular flexibility index (Phi) is 7.86. The van der Waals surface area contributed by atoms with Crippen LogP contribution in [0.1, 0.15) is 20.8 Å². The van der Waals surface area contributed by atoms with Crippen LogP contribution in [0.15, 0.2) is 60.7 Å². The molecule has 0 radical (unpaired) electrons. The van der Waals surface area contributed by atoms with Gasteiger partial charge in [-0.1, -0.05) is 36.4 Å². The van der Waals surface area contributed by atoms with Gasteiger partial charge in [0.2, 0.25) is 0 Å². The van der Waals surface area contributed by atoms with Gasteiger partial charge < -0.3 is 24.2 Å². The maximum Gasteiger partial charge on any atom is 0.587 e. The summed E-state index contributed by atoms with van der Waals surface area (Å²) in [5, 5.41) is 11.5. The standard InChI is InChI=1S/C20H24NO8P/c1-20(2,3)27-19(24)21-17(18(22)23)14-26-30(25,28-15-10-6-4-7-11-15)29-16-12-8-5-9-13-16/h4-13,17H,14H2,1-3H3,(H,21,24)(H,22,23)/t17-/m1/s1. The molecule has 2 rings (SSSR count). The van der Waals surface area contributed by atoms with E-state index in [9.17, 15) is 19.3 Å². The van der Waals surface area contributed by atoms with Gasteiger partial charge in [-0.3, -0.25) is 4.52 Å². The number of alkyl carbamates (subject to hydrolysis) is 1. The lowest BCUT2D eigenvalue weighted by Crippen LogP contribution is -2.46. The zero-order chi connectivity index (χ0) is 22.2. The highest BCUT2D eigenvalue weighted by Gasteiger charge is 2.34. The maximum absolute atomic E-state index is 13.2. The predicted octanol–water partition coefficient (Wildman–Crippen LogP) is 4.25. The Balaban J connectivity index is 2.14. The number of carboxylic acids is 1. The van der Waals surface area contributed by atoms with Gasteiger partial charge in [-0.2, -0.15) is 0 Å². The van der Waals surface area contributed by atoms with Crippen LogP contribution in [-0.4, -0.2) is 35.4 Å². The van der Waals surface area contributed by atoms with Crippen LogP contribution in [-0.2, 0) is 18.6 Å². The summed E-state index contributed by atoms with van der Waals surface area (Å²) in [4.78, 5) is 23.4. The molecule has 0 bridgehead atoms. The number of amides is 1. The van der Waals surface area contributed by atoms with Crippen molar-refractivity contribution >= 4 is 19.9 Å². The molecule has 1 atom stereocenters. The summed E-state index contributed by atoms with van der Waals surface area (Å²) in [5.74, 6) is -1.01. The first-order valence-electron chi connectivity index (χ1n) is 9.02. The summed E-state index contributed by atoms with van der Waals surface area (Å²) in [7, 11) is -4.30. The number of phosphoric acid groups is 1. The number of hydrogen-bond donors (Lipinski definition) is 2. The lowest BCUT2D eigenvalue weighted by atomic mass is 10.2. The number of hydrogen-bond acceptors (Lipinski definition) is 7. The molecule has 162 valence electrons. The van der Waals surface area contributed by atoms with Crippen LogP contribution >= 0.6 is 7.82 Å². The number of phosphoric ester groups is 1. The van der Waals surface area contributed by atoms with Gasteiger partial charge in [0.25, 0.3) is 0 Å². The van der Waals surface area contributed by atoms with Crippen molar-refractivity contribution < 1.29 is 37.6 Å². The van der Waals surface area contributed by atoms with E-state index in [1.165, 1.54) is 24.3 Å². The van der Waals surface area contributed by atoms with E-state index in [-0.39, 0.29) is 11.5 Å². The SMILES string of the molecule is CC(C)(C)OC(=O)N[C@H](COP(=O)(Oc1ccccc1)Oc1ccccc1)C(=O)O. The molecule has 0 unspecified atom stereocenters. The van der Waals surface area contributed by atoms with Crippen molar-refractivity contribution in [2.24, 2.45) is 0 Å². The summed E-state index contributed by atoms with van der Waals surface area (Å²) in [5.41, 5.74) is -0.823. The van der Waals surface area contributed by atoms with Crippen molar-refractivity contribution in [3.8, 4) is 11.5 Å². The quantitative estimate of drug-likeness (QED) is 0.559. The van der Waals surface area contributed by atoms with Crippen LogP contribution in [0, 0.1) is 0 Å². The van der Waals surface area contributed by atoms with E-state index in [0.717, 1.165) is 0 Å². The Morgan fingerprint density at radius 3 is 1.83 bits per heavy atom. The van der Waals surface area contributed by atoms with E-state index in [1.54, 1.807) is 57.2 Å². The number of aliphatic carboxylic acids is 1. The van der Waals surface area contributed by atoms with Gasteiger partial charge in [-0.05, 0) is 45.0 Å². The Morgan fingerprint density at radius 2 is 1.43 bits per heavy atom. The van der Waals surface area contributed by atoms with Crippen LogP contribution in [0.3, 0.4) is 0 Å². The van der Waals surface area contributed by atoms with Crippen molar-refractivity contribution in [1.29, 1.82) is 0 Å². The average Bonchev–Trinajstić information content (AvgIpc) is 2.65. The zero-order valence-electron chi connectivity index (χ0n) is 16.8. The van der Waals surface area contributed by atoms with Crippen molar-refractivity contribution in [2.75, 3.05) is 6.61 Å². The molecule has 2 aromatic carbocycles. The summed E-state index contributed by atoms with van der Waals surface area (Å²) < 4.78 is 34.3. The molecule has 0 aliphatic heterocycles. The number of para-hydroxylation sites is 2. The number of carboxylic acid groups (broad SMARTS) is 1. The molecule has 0 heterocycles. The number of nitrogens with one attached hydrogen (secondary N) is 1. The zero-order valence-corrected chi connectivity index (χ0v) is 17.7. The third kappa shape index (κ3) is 8.14. The highest BCUT2D eigenvalue weighted by Crippen LogP contribution is 2.49. The third-order valence-electron chi connectivity index (χ3n) is 3.31. The summed E-state index contributed by atoms with van der Waals surface area (Å²) in [6.07, 6.45) is -0.957. The molecule has 9 nitrogen and oxygen atoms in total. The van der Waals surface area contributed by atoms with E-state index >= 15 is 0 Å². The van der Waals surface area contributed by atoms with E-state index < -0.39 is 38.1 Å². The molecule has 0 aliphatic carbocycles. The number of ether oxygens (including phenoxy) is 1. The fraction of sp³-hybridized carbons (Fsp3) is 0.300. The smallest absolute Gasteiger partial charge is 0.480 e. The Morgan fingerprint density at radius 1 is 0.967 bits per heavy atom. The van der Waals surface area contributed by atoms with Gasteiger partial charge in [-0.25, -0.2) is 14.2 Å². The Labute approximate surface area is 174 Å². The van der Waals surface area contributed by atoms with Crippen LogP contribution in [0.4, 0.5) is 4.79 Å². The van der Waals surface area contributed by atoms with Crippen LogP contribution in [0.5, 0.6) is 11.5 Å². The number of carbonyl (C=O) groups is 2. The molecule has 0 aromatic heterocycles. The van der Waals surface area contributed by atoms with Gasteiger partial charge in [0, 0.05) is 0 Å². The molecule has 0 fully saturated rings. The third-order valence-corrected chi connectivity index (χ3v) is 4.64. The van der Waals surface area contributed by atoms with Gasteiger partial charge in [-0.15, -0.1) is 0 Å². The number of carbonyl (C=O) groups excluding carboxylic acids is 1. The fourth-order valence-corrected chi connectivity index (χ4v) is 3.32. The van der Waals surface area contributed by atoms with Crippen LogP contribution in [0.2, 0.25) is 0 Å². The largest absolute Gasteiger partial charge is 0.587 e. The average molecular weight is 437 g/mol. The minimum absolute atomic E-state index is 0.198. The summed E-state index contributed by atoms with van der Waals surface area (Å²) in [6.45, 7) is 4.21. The first-order chi connectivity index (χ1) is 14.1. The van der Waals surface area contributed by atoms with Crippen LogP contribution < -0.4 is 14.4 Å². The molecule has 30 heavy (non-hydrogen) atoms. The second-order valence-electron chi connectivity index (χ2n) is 7.09. The molecule has 0 saturated carbocycles. The molecular formula is C20H24NO8P. The first-order valence-corrected chi connectivity index (χ1v) is 10.5. The van der Waals surface area contributed by atoms with E-state index in [4.69, 9.17) is 18.3 Å². The van der Waals surface area contributed by atoms with Crippen LogP contribution in [0.25, 0.3) is 0 Å². The highest BCUT2D eigenvalue weighted by molar-refractivity contribution is 7.49. The molecular weight excluding hydrogens is 413 g/mol. The van der Waals surface area contributed by atoms with Gasteiger partial charge in [0.15, 0.2) is 6.04 Å². The molecule has 2 N–H and O–H groups in total.